The number of nitrogens with zero attached hydrogens (tertiary/aromatic N) is 4. The van der Waals surface area contributed by atoms with Crippen molar-refractivity contribution in [3.8, 4) is 5.75 Å². The minimum absolute atomic E-state index is 0.0327. The lowest BCUT2D eigenvalue weighted by molar-refractivity contribution is 0.102. The van der Waals surface area contributed by atoms with Gasteiger partial charge >= 0.3 is 0 Å². The number of amides is 1. The first-order chi connectivity index (χ1) is 15.0. The number of hydrogen-bond acceptors (Lipinski definition) is 4. The second-order valence-electron chi connectivity index (χ2n) is 6.60. The van der Waals surface area contributed by atoms with E-state index >= 15 is 0 Å². The first kappa shape index (κ1) is 20.9. The normalized spacial score (nSPS) is 10.8. The van der Waals surface area contributed by atoms with E-state index < -0.39 is 5.82 Å². The number of hydrogen-bond donors (Lipinski definition) is 1. The SMILES string of the molecule is O=C(Nc1cnn(Cc2ccc(Cl)cc2)c1)c1ccn(COc2ccc(F)c(Cl)c2)n1. The Hall–Kier alpha value is -3.36. The van der Waals surface area contributed by atoms with Crippen LogP contribution in [0.1, 0.15) is 16.1 Å². The van der Waals surface area contributed by atoms with Crippen LogP contribution in [0.4, 0.5) is 10.1 Å². The molecule has 2 aromatic heterocycles. The third kappa shape index (κ3) is 5.42. The molecule has 0 fully saturated rings. The molecular formula is C21H16Cl2FN5O2. The number of rotatable bonds is 7. The molecule has 0 saturated heterocycles. The Morgan fingerprint density at radius 2 is 1.90 bits per heavy atom. The summed E-state index contributed by atoms with van der Waals surface area (Å²) in [6.07, 6.45) is 4.89. The lowest BCUT2D eigenvalue weighted by atomic mass is 10.2. The van der Waals surface area contributed by atoms with Gasteiger partial charge in [0.25, 0.3) is 5.91 Å². The molecule has 0 aliphatic rings. The molecule has 0 bridgehead atoms. The second-order valence-corrected chi connectivity index (χ2v) is 7.44. The zero-order valence-electron chi connectivity index (χ0n) is 16.0. The predicted octanol–water partition coefficient (Wildman–Crippen LogP) is 4.86. The third-order valence-corrected chi connectivity index (χ3v) is 4.82. The van der Waals surface area contributed by atoms with Crippen molar-refractivity contribution in [1.29, 1.82) is 0 Å². The van der Waals surface area contributed by atoms with Crippen LogP contribution in [0.3, 0.4) is 0 Å². The maximum absolute atomic E-state index is 13.2. The summed E-state index contributed by atoms with van der Waals surface area (Å²) < 4.78 is 21.8. The zero-order valence-corrected chi connectivity index (χ0v) is 17.5. The molecule has 0 unspecified atom stereocenters. The van der Waals surface area contributed by atoms with Crippen LogP contribution < -0.4 is 10.1 Å². The van der Waals surface area contributed by atoms with Crippen LogP contribution in [-0.2, 0) is 13.3 Å². The number of aromatic nitrogens is 4. The summed E-state index contributed by atoms with van der Waals surface area (Å²) in [6.45, 7) is 0.584. The van der Waals surface area contributed by atoms with Crippen molar-refractivity contribution >= 4 is 34.8 Å². The molecule has 158 valence electrons. The number of halogens is 3. The molecule has 0 atom stereocenters. The molecular weight excluding hydrogens is 444 g/mol. The van der Waals surface area contributed by atoms with Crippen LogP contribution in [0.5, 0.6) is 5.75 Å². The zero-order chi connectivity index (χ0) is 21.8. The van der Waals surface area contributed by atoms with E-state index in [1.807, 2.05) is 24.3 Å². The van der Waals surface area contributed by atoms with Gasteiger partial charge < -0.3 is 10.1 Å². The Balaban J connectivity index is 1.33. The van der Waals surface area contributed by atoms with E-state index in [2.05, 4.69) is 15.5 Å². The predicted molar refractivity (Wildman–Crippen MR) is 115 cm³/mol. The molecule has 4 rings (SSSR count). The van der Waals surface area contributed by atoms with Crippen LogP contribution in [0.2, 0.25) is 10.0 Å². The molecule has 2 heterocycles. The van der Waals surface area contributed by atoms with E-state index in [0.717, 1.165) is 5.56 Å². The maximum Gasteiger partial charge on any atom is 0.276 e. The summed E-state index contributed by atoms with van der Waals surface area (Å²) in [5, 5.41) is 11.8. The monoisotopic (exact) mass is 459 g/mol. The number of nitrogens with one attached hydrogen (secondary N) is 1. The molecule has 7 nitrogen and oxygen atoms in total. The Morgan fingerprint density at radius 3 is 2.68 bits per heavy atom. The number of carbonyl (C=O) groups excluding carboxylic acids is 1. The molecule has 4 aromatic rings. The van der Waals surface area contributed by atoms with Gasteiger partial charge in [0.05, 0.1) is 23.5 Å². The van der Waals surface area contributed by atoms with Gasteiger partial charge in [0, 0.05) is 23.5 Å². The summed E-state index contributed by atoms with van der Waals surface area (Å²) in [5.41, 5.74) is 1.79. The number of benzene rings is 2. The minimum atomic E-state index is -0.524. The van der Waals surface area contributed by atoms with E-state index in [9.17, 15) is 9.18 Å². The fourth-order valence-electron chi connectivity index (χ4n) is 2.75. The van der Waals surface area contributed by atoms with Gasteiger partial charge in [-0.05, 0) is 35.9 Å². The van der Waals surface area contributed by atoms with Gasteiger partial charge in [-0.15, -0.1) is 0 Å². The lowest BCUT2D eigenvalue weighted by Gasteiger charge is -2.06. The van der Waals surface area contributed by atoms with Gasteiger partial charge in [0.15, 0.2) is 12.4 Å². The number of ether oxygens (including phenoxy) is 1. The Morgan fingerprint density at radius 1 is 1.10 bits per heavy atom. The fourth-order valence-corrected chi connectivity index (χ4v) is 3.05. The smallest absolute Gasteiger partial charge is 0.276 e. The van der Waals surface area contributed by atoms with E-state index in [1.165, 1.54) is 22.9 Å². The first-order valence-corrected chi connectivity index (χ1v) is 9.91. The molecule has 0 spiro atoms. The third-order valence-electron chi connectivity index (χ3n) is 4.28. The summed E-state index contributed by atoms with van der Waals surface area (Å²) in [6, 6.07) is 13.1. The van der Waals surface area contributed by atoms with Crippen molar-refractivity contribution in [2.24, 2.45) is 0 Å². The minimum Gasteiger partial charge on any atom is -0.471 e. The highest BCUT2D eigenvalue weighted by Gasteiger charge is 2.12. The molecule has 0 radical (unpaired) electrons. The molecule has 1 amide bonds. The second kappa shape index (κ2) is 9.20. The highest BCUT2D eigenvalue weighted by Crippen LogP contribution is 2.21. The highest BCUT2D eigenvalue weighted by molar-refractivity contribution is 6.31. The lowest BCUT2D eigenvalue weighted by Crippen LogP contribution is -2.14. The van der Waals surface area contributed by atoms with Gasteiger partial charge in [-0.25, -0.2) is 9.07 Å². The average molecular weight is 460 g/mol. The molecule has 31 heavy (non-hydrogen) atoms. The molecule has 0 aliphatic heterocycles. The largest absolute Gasteiger partial charge is 0.471 e. The molecule has 0 aliphatic carbocycles. The Labute approximate surface area is 187 Å². The van der Waals surface area contributed by atoms with E-state index in [4.69, 9.17) is 27.9 Å². The molecule has 1 N–H and O–H groups in total. The van der Waals surface area contributed by atoms with Crippen molar-refractivity contribution in [3.05, 3.63) is 94.2 Å². The summed E-state index contributed by atoms with van der Waals surface area (Å²) in [5.74, 6) is -0.515. The van der Waals surface area contributed by atoms with E-state index in [1.54, 1.807) is 29.3 Å². The summed E-state index contributed by atoms with van der Waals surface area (Å²) in [7, 11) is 0. The average Bonchev–Trinajstić information content (AvgIpc) is 3.40. The van der Waals surface area contributed by atoms with Crippen molar-refractivity contribution in [2.75, 3.05) is 5.32 Å². The number of anilines is 1. The molecule has 0 saturated carbocycles. The van der Waals surface area contributed by atoms with Gasteiger partial charge in [-0.3, -0.25) is 9.48 Å². The number of carbonyl (C=O) groups is 1. The maximum atomic E-state index is 13.2. The Bertz CT molecular complexity index is 1210. The van der Waals surface area contributed by atoms with Gasteiger partial charge in [0.2, 0.25) is 0 Å². The van der Waals surface area contributed by atoms with E-state index in [0.29, 0.717) is 23.0 Å². The van der Waals surface area contributed by atoms with Crippen LogP contribution in [0.15, 0.2) is 67.1 Å². The van der Waals surface area contributed by atoms with Crippen LogP contribution in [0.25, 0.3) is 0 Å². The van der Waals surface area contributed by atoms with Crippen molar-refractivity contribution in [3.63, 3.8) is 0 Å². The topological polar surface area (TPSA) is 74.0 Å². The van der Waals surface area contributed by atoms with E-state index in [-0.39, 0.29) is 23.4 Å². The van der Waals surface area contributed by atoms with Crippen LogP contribution in [0, 0.1) is 5.82 Å². The van der Waals surface area contributed by atoms with Crippen LogP contribution in [-0.4, -0.2) is 25.5 Å². The fraction of sp³-hybridized carbons (Fsp3) is 0.0952. The molecule has 2 aromatic carbocycles. The van der Waals surface area contributed by atoms with Crippen molar-refractivity contribution in [1.82, 2.24) is 19.6 Å². The summed E-state index contributed by atoms with van der Waals surface area (Å²) in [4.78, 5) is 12.5. The quantitative estimate of drug-likeness (QED) is 0.428. The van der Waals surface area contributed by atoms with Gasteiger partial charge in [0.1, 0.15) is 11.6 Å². The Kier molecular flexibility index (Phi) is 6.20. The van der Waals surface area contributed by atoms with Crippen molar-refractivity contribution < 1.29 is 13.9 Å². The molecule has 10 heteroatoms. The summed E-state index contributed by atoms with van der Waals surface area (Å²) >= 11 is 11.6. The highest BCUT2D eigenvalue weighted by atomic mass is 35.5. The van der Waals surface area contributed by atoms with Gasteiger partial charge in [-0.1, -0.05) is 35.3 Å². The van der Waals surface area contributed by atoms with Crippen molar-refractivity contribution in [2.45, 2.75) is 13.3 Å². The first-order valence-electron chi connectivity index (χ1n) is 9.16. The standard InChI is InChI=1S/C21H16Cl2FN5O2/c22-15-3-1-14(2-4-15)11-29-12-16(10-25-29)26-21(30)20-7-8-28(27-20)13-31-17-5-6-19(24)18(23)9-17/h1-10,12H,11,13H2,(H,26,30). The van der Waals surface area contributed by atoms with Crippen LogP contribution >= 0.6 is 23.2 Å². The van der Waals surface area contributed by atoms with Gasteiger partial charge in [-0.2, -0.15) is 10.2 Å².